The fourth-order valence-electron chi connectivity index (χ4n) is 1.56. The molecule has 1 aliphatic rings. The third kappa shape index (κ3) is 8.87. The molecule has 0 saturated carbocycles. The fraction of sp³-hybridized carbons (Fsp3) is 0.500. The van der Waals surface area contributed by atoms with Gasteiger partial charge in [0, 0.05) is 5.56 Å². The minimum atomic E-state index is -0.760. The predicted octanol–water partition coefficient (Wildman–Crippen LogP) is 2.73. The molecule has 7 heteroatoms. The van der Waals surface area contributed by atoms with Crippen molar-refractivity contribution < 1.29 is 13.6 Å². The minimum absolute atomic E-state index is 0.0396. The van der Waals surface area contributed by atoms with Gasteiger partial charge in [0.05, 0.1) is 12.5 Å². The van der Waals surface area contributed by atoms with E-state index in [1.807, 2.05) is 41.8 Å². The molecule has 0 bridgehead atoms. The van der Waals surface area contributed by atoms with Crippen molar-refractivity contribution in [3.8, 4) is 0 Å². The molecule has 4 N–H and O–H groups in total. The second kappa shape index (κ2) is 13.6. The highest BCUT2D eigenvalue weighted by molar-refractivity contribution is 5.98. The molecule has 1 aliphatic heterocycles. The van der Waals surface area contributed by atoms with Crippen molar-refractivity contribution in [2.75, 3.05) is 14.1 Å². The van der Waals surface area contributed by atoms with E-state index < -0.39 is 17.7 Å². The number of aliphatic imine (C=N–C) groups is 1. The van der Waals surface area contributed by atoms with E-state index >= 15 is 0 Å². The number of carbonyl (C=O) groups excluding carboxylic acids is 1. The van der Waals surface area contributed by atoms with Crippen LogP contribution in [0.4, 0.5) is 8.78 Å². The first-order valence-corrected chi connectivity index (χ1v) is 7.64. The summed E-state index contributed by atoms with van der Waals surface area (Å²) in [7, 11) is 3.75. The van der Waals surface area contributed by atoms with Crippen LogP contribution in [-0.4, -0.2) is 26.0 Å². The van der Waals surface area contributed by atoms with E-state index in [0.717, 1.165) is 18.2 Å². The molecule has 23 heavy (non-hydrogen) atoms. The molecule has 1 atom stereocenters. The lowest BCUT2D eigenvalue weighted by atomic mass is 10.0. The van der Waals surface area contributed by atoms with Crippen molar-refractivity contribution in [3.05, 3.63) is 35.4 Å². The Kier molecular flexibility index (Phi) is 13.8. The lowest BCUT2D eigenvalue weighted by molar-refractivity contribution is -0.120. The summed E-state index contributed by atoms with van der Waals surface area (Å²) in [5.74, 6) is -1.61. The van der Waals surface area contributed by atoms with Crippen LogP contribution in [0.15, 0.2) is 23.2 Å². The molecule has 1 aromatic carbocycles. The Hall–Kier alpha value is -2.02. The third-order valence-corrected chi connectivity index (χ3v) is 2.26. The van der Waals surface area contributed by atoms with Crippen molar-refractivity contribution in [3.63, 3.8) is 0 Å². The van der Waals surface area contributed by atoms with Crippen LogP contribution in [0.1, 0.15) is 45.7 Å². The van der Waals surface area contributed by atoms with Gasteiger partial charge in [-0.05, 0) is 32.3 Å². The van der Waals surface area contributed by atoms with Gasteiger partial charge in [-0.3, -0.25) is 10.1 Å². The maximum Gasteiger partial charge on any atom is 0.229 e. The van der Waals surface area contributed by atoms with Gasteiger partial charge in [-0.1, -0.05) is 27.7 Å². The van der Waals surface area contributed by atoms with Crippen LogP contribution in [0.3, 0.4) is 0 Å². The Morgan fingerprint density at radius 2 is 1.74 bits per heavy atom. The topological polar surface area (TPSA) is 79.5 Å². The number of carbonyl (C=O) groups is 1. The Labute approximate surface area is 137 Å². The number of halogens is 2. The Bertz CT molecular complexity index is 493. The van der Waals surface area contributed by atoms with E-state index in [0.29, 0.717) is 0 Å². The largest absolute Gasteiger partial charge is 0.370 e. The van der Waals surface area contributed by atoms with Crippen LogP contribution < -0.4 is 16.4 Å². The smallest absolute Gasteiger partial charge is 0.229 e. The Morgan fingerprint density at radius 1 is 1.22 bits per heavy atom. The molecule has 0 aromatic heterocycles. The molecule has 1 aromatic rings. The summed E-state index contributed by atoms with van der Waals surface area (Å²) in [4.78, 5) is 15.0. The number of nitrogens with two attached hydrogens (primary N) is 1. The molecule has 0 spiro atoms. The number of benzene rings is 1. The summed E-state index contributed by atoms with van der Waals surface area (Å²) in [6, 6.07) is 2.28. The summed E-state index contributed by atoms with van der Waals surface area (Å²) >= 11 is 0. The number of rotatable bonds is 1. The standard InChI is InChI=1S/C10H9F2N3O.C2H7N.2C2H6/c11-5-1-2-7(12)6(3-5)8-4-9(16)15-10(13)14-8;1-3-2;2*1-2/h1-3,8H,4H2,(H3,13,14,15,16);3H,1-2H3;2*1-2H3/t8-;;;/m0.../s1. The van der Waals surface area contributed by atoms with E-state index in [2.05, 4.69) is 15.6 Å². The molecule has 1 amide bonds. The fourth-order valence-corrected chi connectivity index (χ4v) is 1.56. The van der Waals surface area contributed by atoms with E-state index in [1.165, 1.54) is 0 Å². The van der Waals surface area contributed by atoms with Gasteiger partial charge < -0.3 is 11.1 Å². The van der Waals surface area contributed by atoms with Crippen molar-refractivity contribution in [1.29, 1.82) is 0 Å². The van der Waals surface area contributed by atoms with Crippen LogP contribution in [0.25, 0.3) is 0 Å². The number of guanidine groups is 1. The predicted molar refractivity (Wildman–Crippen MR) is 91.2 cm³/mol. The van der Waals surface area contributed by atoms with Gasteiger partial charge in [-0.25, -0.2) is 13.8 Å². The molecule has 5 nitrogen and oxygen atoms in total. The minimum Gasteiger partial charge on any atom is -0.370 e. The van der Waals surface area contributed by atoms with Gasteiger partial charge in [0.15, 0.2) is 5.96 Å². The highest BCUT2D eigenvalue weighted by Crippen LogP contribution is 2.26. The molecule has 2 rings (SSSR count). The van der Waals surface area contributed by atoms with Gasteiger partial charge >= 0.3 is 0 Å². The van der Waals surface area contributed by atoms with Gasteiger partial charge in [-0.2, -0.15) is 0 Å². The van der Waals surface area contributed by atoms with E-state index in [9.17, 15) is 13.6 Å². The maximum absolute atomic E-state index is 13.4. The van der Waals surface area contributed by atoms with E-state index in [-0.39, 0.29) is 23.9 Å². The van der Waals surface area contributed by atoms with Crippen molar-refractivity contribution in [2.24, 2.45) is 10.7 Å². The quantitative estimate of drug-likeness (QED) is 0.741. The lowest BCUT2D eigenvalue weighted by Gasteiger charge is -2.19. The summed E-state index contributed by atoms with van der Waals surface area (Å²) in [5.41, 5.74) is 5.38. The first-order valence-electron chi connectivity index (χ1n) is 7.64. The van der Waals surface area contributed by atoms with Gasteiger partial charge in [0.2, 0.25) is 5.91 Å². The van der Waals surface area contributed by atoms with Crippen LogP contribution in [0.5, 0.6) is 0 Å². The number of nitrogens with one attached hydrogen (secondary N) is 2. The monoisotopic (exact) mass is 330 g/mol. The SMILES string of the molecule is CC.CC.CNC.NC1=N[C@H](c2cc(F)ccc2F)CC(=O)N1. The number of nitrogens with zero attached hydrogens (tertiary/aromatic N) is 1. The lowest BCUT2D eigenvalue weighted by Crippen LogP contribution is -2.41. The summed E-state index contributed by atoms with van der Waals surface area (Å²) in [5, 5.41) is 5.04. The molecule has 0 unspecified atom stereocenters. The van der Waals surface area contributed by atoms with Gasteiger partial charge in [0.25, 0.3) is 0 Å². The molecule has 0 aliphatic carbocycles. The van der Waals surface area contributed by atoms with Crippen LogP contribution in [0.2, 0.25) is 0 Å². The van der Waals surface area contributed by atoms with Crippen molar-refractivity contribution in [2.45, 2.75) is 40.2 Å². The maximum atomic E-state index is 13.4. The van der Waals surface area contributed by atoms with E-state index in [4.69, 9.17) is 5.73 Å². The first-order chi connectivity index (χ1) is 11.0. The van der Waals surface area contributed by atoms with Gasteiger partial charge in [0.1, 0.15) is 11.6 Å². The van der Waals surface area contributed by atoms with Crippen molar-refractivity contribution in [1.82, 2.24) is 10.6 Å². The highest BCUT2D eigenvalue weighted by atomic mass is 19.1. The van der Waals surface area contributed by atoms with Crippen LogP contribution >= 0.6 is 0 Å². The molecule has 0 saturated heterocycles. The molecule has 1 heterocycles. The molecular formula is C16H28F2N4O. The molecule has 0 radical (unpaired) electrons. The van der Waals surface area contributed by atoms with Crippen molar-refractivity contribution >= 4 is 11.9 Å². The average molecular weight is 330 g/mol. The van der Waals surface area contributed by atoms with Crippen LogP contribution in [0, 0.1) is 11.6 Å². The Morgan fingerprint density at radius 3 is 2.22 bits per heavy atom. The number of amides is 1. The normalized spacial score (nSPS) is 15.4. The first kappa shape index (κ1) is 23.2. The zero-order chi connectivity index (χ0) is 18.4. The highest BCUT2D eigenvalue weighted by Gasteiger charge is 2.23. The summed E-state index contributed by atoms with van der Waals surface area (Å²) < 4.78 is 26.3. The van der Waals surface area contributed by atoms with Gasteiger partial charge in [-0.15, -0.1) is 0 Å². The summed E-state index contributed by atoms with van der Waals surface area (Å²) in [6.07, 6.45) is -0.0406. The molecule has 0 fully saturated rings. The third-order valence-electron chi connectivity index (χ3n) is 2.26. The Balaban J connectivity index is 0. The van der Waals surface area contributed by atoms with E-state index in [1.54, 1.807) is 0 Å². The molecule has 132 valence electrons. The number of hydrogen-bond donors (Lipinski definition) is 3. The zero-order valence-electron chi connectivity index (χ0n) is 14.7. The summed E-state index contributed by atoms with van der Waals surface area (Å²) in [6.45, 7) is 8.00. The van der Waals surface area contributed by atoms with Crippen LogP contribution in [-0.2, 0) is 4.79 Å². The second-order valence-electron chi connectivity index (χ2n) is 3.95. The zero-order valence-corrected chi connectivity index (χ0v) is 14.7. The average Bonchev–Trinajstić information content (AvgIpc) is 2.53. The second-order valence-corrected chi connectivity index (χ2v) is 3.95. The molecular weight excluding hydrogens is 302 g/mol. The number of hydrogen-bond acceptors (Lipinski definition) is 4.